The number of hydrogen-bond donors (Lipinski definition) is 3. The molecule has 0 bridgehead atoms. The van der Waals surface area contributed by atoms with Crippen LogP contribution in [0, 0.1) is 0 Å². The molecule has 0 aromatic carbocycles. The van der Waals surface area contributed by atoms with Gasteiger partial charge in [0.2, 0.25) is 0 Å². The number of nitrogens with zero attached hydrogens (tertiary/aromatic N) is 1. The van der Waals surface area contributed by atoms with Crippen molar-refractivity contribution in [2.75, 3.05) is 6.61 Å². The summed E-state index contributed by atoms with van der Waals surface area (Å²) in [6, 6.07) is 1.06. The summed E-state index contributed by atoms with van der Waals surface area (Å²) in [7, 11) is 0. The fourth-order valence-corrected chi connectivity index (χ4v) is 2.50. The number of alkyl halides is 1. The van der Waals surface area contributed by atoms with E-state index in [2.05, 4.69) is 0 Å². The van der Waals surface area contributed by atoms with Crippen molar-refractivity contribution in [3.05, 3.63) is 33.1 Å². The van der Waals surface area contributed by atoms with Crippen molar-refractivity contribution in [3.63, 3.8) is 0 Å². The monoisotopic (exact) mass is 258 g/mol. The van der Waals surface area contributed by atoms with Crippen LogP contribution in [0.1, 0.15) is 12.6 Å². The van der Waals surface area contributed by atoms with Crippen molar-refractivity contribution < 1.29 is 19.3 Å². The van der Waals surface area contributed by atoms with E-state index in [4.69, 9.17) is 9.84 Å². The molecule has 3 rings (SSSR count). The summed E-state index contributed by atoms with van der Waals surface area (Å²) in [6.45, 7) is -0.545. The average Bonchev–Trinajstić information content (AvgIpc) is 2.79. The number of halogens is 1. The number of aromatic nitrogens is 2. The van der Waals surface area contributed by atoms with Gasteiger partial charge in [0.1, 0.15) is 11.7 Å². The molecular weight excluding hydrogens is 247 g/mol. The molecule has 1 aliphatic carbocycles. The lowest BCUT2D eigenvalue weighted by Gasteiger charge is -2.19. The minimum atomic E-state index is -2.11. The highest BCUT2D eigenvalue weighted by molar-refractivity contribution is 5.28. The van der Waals surface area contributed by atoms with Crippen molar-refractivity contribution in [1.82, 2.24) is 9.55 Å². The molecule has 3 N–H and O–H groups in total. The SMILES string of the molecule is O=c1ccn(C2O[C@H](CO)[C@@]3(O)C[C@]23F)c(=O)[nH]1. The van der Waals surface area contributed by atoms with E-state index >= 15 is 0 Å². The molecule has 2 heterocycles. The van der Waals surface area contributed by atoms with Crippen LogP contribution in [0.4, 0.5) is 4.39 Å². The molecule has 8 heteroatoms. The minimum absolute atomic E-state index is 0.207. The zero-order chi connectivity index (χ0) is 13.1. The van der Waals surface area contributed by atoms with Gasteiger partial charge in [-0.1, -0.05) is 0 Å². The van der Waals surface area contributed by atoms with E-state index in [0.717, 1.165) is 16.8 Å². The first-order valence-corrected chi connectivity index (χ1v) is 5.41. The van der Waals surface area contributed by atoms with E-state index in [1.165, 1.54) is 0 Å². The van der Waals surface area contributed by atoms with Gasteiger partial charge >= 0.3 is 5.69 Å². The first kappa shape index (κ1) is 11.6. The molecule has 98 valence electrons. The second-order valence-electron chi connectivity index (χ2n) is 4.64. The number of ether oxygens (including phenoxy) is 1. The summed E-state index contributed by atoms with van der Waals surface area (Å²) in [5.41, 5.74) is -5.30. The van der Waals surface area contributed by atoms with E-state index < -0.39 is 41.5 Å². The van der Waals surface area contributed by atoms with Gasteiger partial charge in [0.15, 0.2) is 11.9 Å². The van der Waals surface area contributed by atoms with Crippen LogP contribution in [0.5, 0.6) is 0 Å². The second kappa shape index (κ2) is 3.28. The third-order valence-electron chi connectivity index (χ3n) is 3.61. The molecule has 0 radical (unpaired) electrons. The lowest BCUT2D eigenvalue weighted by atomic mass is 10.1. The molecule has 2 fully saturated rings. The Balaban J connectivity index is 2.04. The number of H-pyrrole nitrogens is 1. The fraction of sp³-hybridized carbons (Fsp3) is 0.600. The molecular formula is C10H11FN2O5. The van der Waals surface area contributed by atoms with Crippen LogP contribution in [-0.2, 0) is 4.74 Å². The Morgan fingerprint density at radius 1 is 1.61 bits per heavy atom. The third kappa shape index (κ3) is 1.22. The Morgan fingerprint density at radius 3 is 2.89 bits per heavy atom. The summed E-state index contributed by atoms with van der Waals surface area (Å²) in [6.07, 6.45) is -1.53. The third-order valence-corrected chi connectivity index (χ3v) is 3.61. The van der Waals surface area contributed by atoms with E-state index in [0.29, 0.717) is 0 Å². The summed E-state index contributed by atoms with van der Waals surface area (Å²) >= 11 is 0. The molecule has 1 saturated carbocycles. The highest BCUT2D eigenvalue weighted by atomic mass is 19.1. The summed E-state index contributed by atoms with van der Waals surface area (Å²) < 4.78 is 20.4. The average molecular weight is 258 g/mol. The van der Waals surface area contributed by atoms with Gasteiger partial charge in [-0.05, 0) is 0 Å². The Bertz CT molecular complexity index is 613. The maximum absolute atomic E-state index is 14.4. The number of aliphatic hydroxyl groups is 2. The molecule has 2 aliphatic rings. The van der Waals surface area contributed by atoms with Gasteiger partial charge in [-0.2, -0.15) is 0 Å². The van der Waals surface area contributed by atoms with E-state index in [-0.39, 0.29) is 6.42 Å². The molecule has 1 aromatic rings. The van der Waals surface area contributed by atoms with Crippen molar-refractivity contribution in [2.24, 2.45) is 0 Å². The molecule has 1 saturated heterocycles. The number of fused-ring (bicyclic) bond motifs is 1. The molecule has 7 nitrogen and oxygen atoms in total. The minimum Gasteiger partial charge on any atom is -0.394 e. The summed E-state index contributed by atoms with van der Waals surface area (Å²) in [4.78, 5) is 24.4. The van der Waals surface area contributed by atoms with Crippen LogP contribution in [-0.4, -0.2) is 43.7 Å². The van der Waals surface area contributed by atoms with Crippen LogP contribution < -0.4 is 11.2 Å². The van der Waals surface area contributed by atoms with Gasteiger partial charge in [-0.25, -0.2) is 9.18 Å². The highest BCUT2D eigenvalue weighted by Gasteiger charge is 2.82. The van der Waals surface area contributed by atoms with Gasteiger partial charge in [0, 0.05) is 18.7 Å². The molecule has 1 aliphatic heterocycles. The van der Waals surface area contributed by atoms with Gasteiger partial charge < -0.3 is 14.9 Å². The lowest BCUT2D eigenvalue weighted by Crippen LogP contribution is -2.36. The van der Waals surface area contributed by atoms with Crippen LogP contribution in [0.2, 0.25) is 0 Å². The lowest BCUT2D eigenvalue weighted by molar-refractivity contribution is -0.0884. The van der Waals surface area contributed by atoms with Crippen molar-refractivity contribution in [3.8, 4) is 0 Å². The molecule has 1 aromatic heterocycles. The van der Waals surface area contributed by atoms with Gasteiger partial charge in [0.05, 0.1) is 6.61 Å². The zero-order valence-electron chi connectivity index (χ0n) is 9.17. The largest absolute Gasteiger partial charge is 0.394 e. The van der Waals surface area contributed by atoms with Crippen LogP contribution in [0.3, 0.4) is 0 Å². The summed E-state index contributed by atoms with van der Waals surface area (Å²) in [5.74, 6) is 0. The predicted molar refractivity (Wildman–Crippen MR) is 55.7 cm³/mol. The van der Waals surface area contributed by atoms with E-state index in [1.807, 2.05) is 4.98 Å². The van der Waals surface area contributed by atoms with E-state index in [1.54, 1.807) is 0 Å². The molecule has 0 spiro atoms. The quantitative estimate of drug-likeness (QED) is 0.584. The Labute approximate surface area is 99.4 Å². The second-order valence-corrected chi connectivity index (χ2v) is 4.64. The predicted octanol–water partition coefficient (Wildman–Crippen LogP) is -1.73. The van der Waals surface area contributed by atoms with E-state index in [9.17, 15) is 19.1 Å². The van der Waals surface area contributed by atoms with Crippen LogP contribution in [0.25, 0.3) is 0 Å². The molecule has 4 atom stereocenters. The maximum Gasteiger partial charge on any atom is 0.330 e. The molecule has 0 amide bonds. The first-order chi connectivity index (χ1) is 8.42. The highest BCUT2D eigenvalue weighted by Crippen LogP contribution is 2.65. The van der Waals surface area contributed by atoms with Crippen molar-refractivity contribution >= 4 is 0 Å². The number of aromatic amines is 1. The van der Waals surface area contributed by atoms with Crippen LogP contribution in [0.15, 0.2) is 21.9 Å². The zero-order valence-corrected chi connectivity index (χ0v) is 9.17. The van der Waals surface area contributed by atoms with Crippen molar-refractivity contribution in [1.29, 1.82) is 0 Å². The topological polar surface area (TPSA) is 105 Å². The van der Waals surface area contributed by atoms with Crippen molar-refractivity contribution in [2.45, 2.75) is 30.0 Å². The number of hydrogen-bond acceptors (Lipinski definition) is 5. The number of nitrogens with one attached hydrogen (secondary N) is 1. The summed E-state index contributed by atoms with van der Waals surface area (Å²) in [5, 5.41) is 18.9. The smallest absolute Gasteiger partial charge is 0.330 e. The standard InChI is InChI=1S/C10H11FN2O5/c11-9-4-10(9,17)5(3-14)18-7(9)13-2-1-6(15)12-8(13)16/h1-2,5,7,14,17H,3-4H2,(H,12,15,16)/t5-,7?,9+,10+/m1/s1. The number of rotatable bonds is 2. The van der Waals surface area contributed by atoms with Gasteiger partial charge in [0.25, 0.3) is 5.56 Å². The molecule has 18 heavy (non-hydrogen) atoms. The van der Waals surface area contributed by atoms with Crippen LogP contribution >= 0.6 is 0 Å². The maximum atomic E-state index is 14.4. The van der Waals surface area contributed by atoms with Gasteiger partial charge in [-0.15, -0.1) is 0 Å². The van der Waals surface area contributed by atoms with Gasteiger partial charge in [-0.3, -0.25) is 14.3 Å². The Morgan fingerprint density at radius 2 is 2.33 bits per heavy atom. The fourth-order valence-electron chi connectivity index (χ4n) is 2.50. The Hall–Kier alpha value is -1.51. The normalized spacial score (nSPS) is 41.7. The Kier molecular flexibility index (Phi) is 2.11. The number of aliphatic hydroxyl groups excluding tert-OH is 1. The first-order valence-electron chi connectivity index (χ1n) is 5.41. The molecule has 1 unspecified atom stereocenters.